The highest BCUT2D eigenvalue weighted by Crippen LogP contribution is 2.23. The molecule has 0 amide bonds. The molecular weight excluding hydrogens is 250 g/mol. The van der Waals surface area contributed by atoms with Crippen molar-refractivity contribution in [2.45, 2.75) is 11.3 Å². The summed E-state index contributed by atoms with van der Waals surface area (Å²) in [5.41, 5.74) is 5.63. The van der Waals surface area contributed by atoms with Crippen LogP contribution in [0.15, 0.2) is 23.1 Å². The average molecular weight is 262 g/mol. The van der Waals surface area contributed by atoms with Gasteiger partial charge in [0.05, 0.1) is 9.92 Å². The maximum Gasteiger partial charge on any atom is 0.176 e. The van der Waals surface area contributed by atoms with Gasteiger partial charge in [-0.15, -0.1) is 0 Å². The third-order valence-corrected chi connectivity index (χ3v) is 3.60. The summed E-state index contributed by atoms with van der Waals surface area (Å²) in [6.45, 7) is 0.254. The molecular formula is C10H12ClNO3S. The number of sulfone groups is 1. The number of halogens is 1. The molecule has 0 atom stereocenters. The van der Waals surface area contributed by atoms with Gasteiger partial charge in [-0.2, -0.15) is 0 Å². The summed E-state index contributed by atoms with van der Waals surface area (Å²) < 4.78 is 22.5. The molecule has 88 valence electrons. The number of hydrogen-bond donors (Lipinski definition) is 1. The van der Waals surface area contributed by atoms with Gasteiger partial charge in [0.15, 0.2) is 15.6 Å². The SMILES string of the molecule is CS(=O)(=O)c1ccc(C(=O)CCN)cc1Cl. The van der Waals surface area contributed by atoms with E-state index in [4.69, 9.17) is 17.3 Å². The minimum Gasteiger partial charge on any atom is -0.330 e. The van der Waals surface area contributed by atoms with Gasteiger partial charge in [-0.3, -0.25) is 4.79 Å². The molecule has 2 N–H and O–H groups in total. The molecule has 0 bridgehead atoms. The first-order valence-corrected chi connectivity index (χ1v) is 6.86. The molecule has 1 aromatic rings. The molecule has 4 nitrogen and oxygen atoms in total. The minimum atomic E-state index is -3.36. The van der Waals surface area contributed by atoms with Gasteiger partial charge in [-0.05, 0) is 18.7 Å². The summed E-state index contributed by atoms with van der Waals surface area (Å²) in [6.07, 6.45) is 1.28. The topological polar surface area (TPSA) is 77.2 Å². The lowest BCUT2D eigenvalue weighted by molar-refractivity contribution is 0.0985. The largest absolute Gasteiger partial charge is 0.330 e. The molecule has 0 aliphatic rings. The van der Waals surface area contributed by atoms with Crippen LogP contribution < -0.4 is 5.73 Å². The fourth-order valence-corrected chi connectivity index (χ4v) is 2.58. The van der Waals surface area contributed by atoms with Gasteiger partial charge in [0.2, 0.25) is 0 Å². The molecule has 0 saturated carbocycles. The quantitative estimate of drug-likeness (QED) is 0.828. The van der Waals surface area contributed by atoms with Crippen molar-refractivity contribution in [1.82, 2.24) is 0 Å². The van der Waals surface area contributed by atoms with Gasteiger partial charge in [0, 0.05) is 18.2 Å². The van der Waals surface area contributed by atoms with E-state index in [9.17, 15) is 13.2 Å². The Morgan fingerprint density at radius 3 is 2.50 bits per heavy atom. The first-order valence-electron chi connectivity index (χ1n) is 4.59. The molecule has 0 aliphatic carbocycles. The van der Waals surface area contributed by atoms with E-state index in [1.165, 1.54) is 18.2 Å². The van der Waals surface area contributed by atoms with Gasteiger partial charge in [0.25, 0.3) is 0 Å². The number of ketones is 1. The molecule has 6 heteroatoms. The Kier molecular flexibility index (Phi) is 4.07. The number of hydrogen-bond acceptors (Lipinski definition) is 4. The van der Waals surface area contributed by atoms with Gasteiger partial charge in [0.1, 0.15) is 0 Å². The Bertz CT molecular complexity index is 511. The van der Waals surface area contributed by atoms with Gasteiger partial charge in [-0.1, -0.05) is 17.7 Å². The zero-order valence-corrected chi connectivity index (χ0v) is 10.3. The van der Waals surface area contributed by atoms with Gasteiger partial charge in [-0.25, -0.2) is 8.42 Å². The molecule has 1 aromatic carbocycles. The third-order valence-electron chi connectivity index (χ3n) is 2.02. The Labute approximate surface area is 99.3 Å². The monoisotopic (exact) mass is 261 g/mol. The van der Waals surface area contributed by atoms with Crippen LogP contribution in [0, 0.1) is 0 Å². The van der Waals surface area contributed by atoms with Crippen LogP contribution >= 0.6 is 11.6 Å². The summed E-state index contributed by atoms with van der Waals surface area (Å²) in [5.74, 6) is -0.149. The number of benzene rings is 1. The van der Waals surface area contributed by atoms with Crippen molar-refractivity contribution >= 4 is 27.2 Å². The zero-order chi connectivity index (χ0) is 12.3. The van der Waals surface area contributed by atoms with Gasteiger partial charge < -0.3 is 5.73 Å². The van der Waals surface area contributed by atoms with E-state index in [2.05, 4.69) is 0 Å². The minimum absolute atomic E-state index is 0.0264. The summed E-state index contributed by atoms with van der Waals surface area (Å²) in [4.78, 5) is 11.5. The molecule has 0 saturated heterocycles. The number of Topliss-reactive ketones (excluding diaryl/α,β-unsaturated/α-hetero) is 1. The normalized spacial score (nSPS) is 11.4. The smallest absolute Gasteiger partial charge is 0.176 e. The fraction of sp³-hybridized carbons (Fsp3) is 0.300. The molecule has 0 spiro atoms. The summed E-state index contributed by atoms with van der Waals surface area (Å²) in [6, 6.07) is 4.14. The Morgan fingerprint density at radius 2 is 2.06 bits per heavy atom. The number of carbonyl (C=O) groups is 1. The maximum absolute atomic E-state index is 11.5. The van der Waals surface area contributed by atoms with Crippen LogP contribution in [-0.4, -0.2) is 27.0 Å². The van der Waals surface area contributed by atoms with Crippen LogP contribution in [0.4, 0.5) is 0 Å². The highest BCUT2D eigenvalue weighted by atomic mass is 35.5. The predicted molar refractivity (Wildman–Crippen MR) is 62.6 cm³/mol. The number of carbonyl (C=O) groups excluding carboxylic acids is 1. The van der Waals surface area contributed by atoms with Crippen LogP contribution in [-0.2, 0) is 9.84 Å². The van der Waals surface area contributed by atoms with Crippen molar-refractivity contribution in [3.63, 3.8) is 0 Å². The van der Waals surface area contributed by atoms with E-state index >= 15 is 0 Å². The van der Waals surface area contributed by atoms with Crippen molar-refractivity contribution in [1.29, 1.82) is 0 Å². The predicted octanol–water partition coefficient (Wildman–Crippen LogP) is 1.28. The molecule has 0 radical (unpaired) electrons. The van der Waals surface area contributed by atoms with Crippen molar-refractivity contribution in [3.05, 3.63) is 28.8 Å². The lowest BCUT2D eigenvalue weighted by Gasteiger charge is -2.04. The first kappa shape index (κ1) is 13.2. The zero-order valence-electron chi connectivity index (χ0n) is 8.73. The van der Waals surface area contributed by atoms with Crippen molar-refractivity contribution in [3.8, 4) is 0 Å². The Hall–Kier alpha value is -0.910. The first-order chi connectivity index (χ1) is 7.36. The second kappa shape index (κ2) is 4.95. The Morgan fingerprint density at radius 1 is 1.44 bits per heavy atom. The number of rotatable bonds is 4. The van der Waals surface area contributed by atoms with E-state index in [0.29, 0.717) is 5.56 Å². The van der Waals surface area contributed by atoms with Crippen molar-refractivity contribution in [2.24, 2.45) is 5.73 Å². The Balaban J connectivity index is 3.14. The lowest BCUT2D eigenvalue weighted by Crippen LogP contribution is -2.08. The van der Waals surface area contributed by atoms with Crippen molar-refractivity contribution < 1.29 is 13.2 Å². The van der Waals surface area contributed by atoms with Crippen LogP contribution in [0.3, 0.4) is 0 Å². The molecule has 0 heterocycles. The molecule has 0 aromatic heterocycles. The van der Waals surface area contributed by atoms with E-state index in [0.717, 1.165) is 6.26 Å². The van der Waals surface area contributed by atoms with Crippen LogP contribution in [0.2, 0.25) is 5.02 Å². The highest BCUT2D eigenvalue weighted by Gasteiger charge is 2.14. The molecule has 0 aliphatic heterocycles. The van der Waals surface area contributed by atoms with E-state index in [1.807, 2.05) is 0 Å². The van der Waals surface area contributed by atoms with Gasteiger partial charge >= 0.3 is 0 Å². The highest BCUT2D eigenvalue weighted by molar-refractivity contribution is 7.90. The molecule has 0 unspecified atom stereocenters. The third kappa shape index (κ3) is 3.04. The number of nitrogens with two attached hydrogens (primary N) is 1. The second-order valence-electron chi connectivity index (χ2n) is 3.38. The standard InChI is InChI=1S/C10H12ClNO3S/c1-16(14,15)10-3-2-7(6-8(10)11)9(13)4-5-12/h2-3,6H,4-5,12H2,1H3. The average Bonchev–Trinajstić information content (AvgIpc) is 2.16. The van der Waals surface area contributed by atoms with Crippen molar-refractivity contribution in [2.75, 3.05) is 12.8 Å². The summed E-state index contributed by atoms with van der Waals surface area (Å²) in [7, 11) is -3.36. The molecule has 16 heavy (non-hydrogen) atoms. The maximum atomic E-state index is 11.5. The molecule has 0 fully saturated rings. The van der Waals surface area contributed by atoms with E-state index in [-0.39, 0.29) is 28.7 Å². The van der Waals surface area contributed by atoms with E-state index < -0.39 is 9.84 Å². The summed E-state index contributed by atoms with van der Waals surface area (Å²) >= 11 is 5.80. The van der Waals surface area contributed by atoms with Crippen LogP contribution in [0.5, 0.6) is 0 Å². The second-order valence-corrected chi connectivity index (χ2v) is 5.77. The summed E-state index contributed by atoms with van der Waals surface area (Å²) in [5, 5.41) is 0.0605. The fourth-order valence-electron chi connectivity index (χ4n) is 1.25. The van der Waals surface area contributed by atoms with E-state index in [1.54, 1.807) is 0 Å². The van der Waals surface area contributed by atoms with Crippen LogP contribution in [0.1, 0.15) is 16.8 Å². The van der Waals surface area contributed by atoms with Crippen LogP contribution in [0.25, 0.3) is 0 Å². The lowest BCUT2D eigenvalue weighted by atomic mass is 10.1. The molecule has 1 rings (SSSR count).